The van der Waals surface area contributed by atoms with E-state index in [1.165, 1.54) is 21.9 Å². The quantitative estimate of drug-likeness (QED) is 0.151. The minimum Gasteiger partial charge on any atom is -0.317 e. The molecule has 4 nitrogen and oxygen atoms in total. The summed E-state index contributed by atoms with van der Waals surface area (Å²) in [5.74, 6) is 0.679. The van der Waals surface area contributed by atoms with Gasteiger partial charge in [-0.3, -0.25) is 0 Å². The van der Waals surface area contributed by atoms with Crippen LogP contribution in [0.5, 0.6) is 0 Å². The highest BCUT2D eigenvalue weighted by Crippen LogP contribution is 2.41. The van der Waals surface area contributed by atoms with Gasteiger partial charge in [-0.25, -0.2) is 9.97 Å². The predicted octanol–water partition coefficient (Wildman–Crippen LogP) is 15.0. The van der Waals surface area contributed by atoms with Gasteiger partial charge in [0, 0.05) is 56.6 Å². The summed E-state index contributed by atoms with van der Waals surface area (Å²) in [7, 11) is 0. The molecule has 0 spiro atoms. The molecule has 12 aromatic rings. The predicted molar refractivity (Wildman–Crippen MR) is 258 cm³/mol. The second-order valence-corrected chi connectivity index (χ2v) is 15.8. The lowest BCUT2D eigenvalue weighted by molar-refractivity contribution is 1.13. The van der Waals surface area contributed by atoms with E-state index >= 15 is 0 Å². The molecule has 0 aliphatic carbocycles. The zero-order valence-corrected chi connectivity index (χ0v) is 33.7. The van der Waals surface area contributed by atoms with E-state index in [4.69, 9.17) is 9.97 Å². The second-order valence-electron chi connectivity index (χ2n) is 15.8. The minimum atomic E-state index is 0.679. The van der Waals surface area contributed by atoms with Crippen molar-refractivity contribution in [3.8, 4) is 67.4 Å². The zero-order chi connectivity index (χ0) is 41.0. The van der Waals surface area contributed by atoms with Gasteiger partial charge in [0.15, 0.2) is 5.82 Å². The molecular formula is C58H38N4. The SMILES string of the molecule is c1ccc(-c2ccc(-c3nc(-c4cc(-c5cccc6c5ccn6-c5ccccc5)cc(-c5cn(-c6ccccc6)c6ccccc56)c4)nc4ccc5ccccc5c34)cc2)cc1. The van der Waals surface area contributed by atoms with E-state index in [1.807, 2.05) is 0 Å². The van der Waals surface area contributed by atoms with Crippen LogP contribution in [0.4, 0.5) is 0 Å². The van der Waals surface area contributed by atoms with Crippen LogP contribution in [0.2, 0.25) is 0 Å². The normalized spacial score (nSPS) is 11.5. The molecule has 0 aliphatic heterocycles. The minimum absolute atomic E-state index is 0.679. The van der Waals surface area contributed by atoms with Crippen molar-refractivity contribution in [2.75, 3.05) is 0 Å². The monoisotopic (exact) mass is 790 g/mol. The molecule has 3 aromatic heterocycles. The summed E-state index contributed by atoms with van der Waals surface area (Å²) >= 11 is 0. The molecule has 4 heteroatoms. The summed E-state index contributed by atoms with van der Waals surface area (Å²) in [6.07, 6.45) is 4.45. The Morgan fingerprint density at radius 1 is 0.339 bits per heavy atom. The molecule has 0 N–H and O–H groups in total. The van der Waals surface area contributed by atoms with Gasteiger partial charge in [-0.15, -0.1) is 0 Å². The number of fused-ring (bicyclic) bond motifs is 5. The maximum absolute atomic E-state index is 5.56. The zero-order valence-electron chi connectivity index (χ0n) is 33.7. The van der Waals surface area contributed by atoms with Gasteiger partial charge in [0.25, 0.3) is 0 Å². The van der Waals surface area contributed by atoms with E-state index in [-0.39, 0.29) is 0 Å². The highest BCUT2D eigenvalue weighted by atomic mass is 15.0. The van der Waals surface area contributed by atoms with Gasteiger partial charge in [-0.05, 0) is 105 Å². The van der Waals surface area contributed by atoms with Crippen molar-refractivity contribution >= 4 is 43.5 Å². The molecule has 0 saturated carbocycles. The highest BCUT2D eigenvalue weighted by molar-refractivity contribution is 6.13. The van der Waals surface area contributed by atoms with E-state index in [2.05, 4.69) is 240 Å². The fraction of sp³-hybridized carbons (Fsp3) is 0. The van der Waals surface area contributed by atoms with Gasteiger partial charge < -0.3 is 9.13 Å². The molecule has 0 bridgehead atoms. The van der Waals surface area contributed by atoms with E-state index in [0.717, 1.165) is 83.2 Å². The van der Waals surface area contributed by atoms with Gasteiger partial charge in [0.1, 0.15) is 0 Å². The van der Waals surface area contributed by atoms with Crippen LogP contribution < -0.4 is 0 Å². The van der Waals surface area contributed by atoms with Crippen molar-refractivity contribution in [2.24, 2.45) is 0 Å². The number of rotatable bonds is 7. The van der Waals surface area contributed by atoms with E-state index in [1.54, 1.807) is 0 Å². The molecule has 0 aliphatic rings. The Bertz CT molecular complexity index is 3600. The van der Waals surface area contributed by atoms with Crippen LogP contribution in [-0.2, 0) is 0 Å². The van der Waals surface area contributed by atoms with E-state index in [0.29, 0.717) is 5.82 Å². The van der Waals surface area contributed by atoms with Gasteiger partial charge >= 0.3 is 0 Å². The summed E-state index contributed by atoms with van der Waals surface area (Å²) in [5.41, 5.74) is 15.2. The number of benzene rings is 9. The first-order valence-corrected chi connectivity index (χ1v) is 21.1. The highest BCUT2D eigenvalue weighted by Gasteiger charge is 2.19. The molecule has 0 atom stereocenters. The van der Waals surface area contributed by atoms with Gasteiger partial charge in [-0.2, -0.15) is 0 Å². The first-order chi connectivity index (χ1) is 30.7. The van der Waals surface area contributed by atoms with Crippen LogP contribution in [0.3, 0.4) is 0 Å². The summed E-state index contributed by atoms with van der Waals surface area (Å²) in [5, 5.41) is 5.70. The average Bonchev–Trinajstić information content (AvgIpc) is 3.97. The Kier molecular flexibility index (Phi) is 8.46. The molecule has 0 unspecified atom stereocenters. The molecule has 62 heavy (non-hydrogen) atoms. The molecular weight excluding hydrogens is 753 g/mol. The second kappa shape index (κ2) is 14.7. The smallest absolute Gasteiger partial charge is 0.160 e. The van der Waals surface area contributed by atoms with Gasteiger partial charge in [0.2, 0.25) is 0 Å². The van der Waals surface area contributed by atoms with Crippen molar-refractivity contribution in [3.63, 3.8) is 0 Å². The summed E-state index contributed by atoms with van der Waals surface area (Å²) < 4.78 is 4.57. The first-order valence-electron chi connectivity index (χ1n) is 21.1. The summed E-state index contributed by atoms with van der Waals surface area (Å²) in [4.78, 5) is 11.0. The largest absolute Gasteiger partial charge is 0.317 e. The third-order valence-corrected chi connectivity index (χ3v) is 12.2. The topological polar surface area (TPSA) is 35.6 Å². The molecule has 0 amide bonds. The standard InChI is InChI=1S/C58H38N4/c1-4-15-39(16-5-1)40-27-29-42(30-28-40)57-56-49-22-11-10-17-41(49)31-32-53(56)59-58(60-57)45-36-43(48-24-14-26-54-51(48)33-34-61(54)46-18-6-2-7-19-46)35-44(37-45)52-38-62(47-20-8-3-9-21-47)55-25-13-12-23-50(52)55/h1-38H. The maximum atomic E-state index is 5.56. The van der Waals surface area contributed by atoms with Crippen LogP contribution in [0.15, 0.2) is 231 Å². The summed E-state index contributed by atoms with van der Waals surface area (Å²) in [6, 6.07) is 77.8. The maximum Gasteiger partial charge on any atom is 0.160 e. The lowest BCUT2D eigenvalue weighted by Gasteiger charge is -2.15. The van der Waals surface area contributed by atoms with Crippen molar-refractivity contribution in [1.29, 1.82) is 0 Å². The summed E-state index contributed by atoms with van der Waals surface area (Å²) in [6.45, 7) is 0. The van der Waals surface area contributed by atoms with Crippen molar-refractivity contribution in [2.45, 2.75) is 0 Å². The number of nitrogens with zero attached hydrogens (tertiary/aromatic N) is 4. The average molecular weight is 791 g/mol. The number of hydrogen-bond acceptors (Lipinski definition) is 2. The number of hydrogen-bond donors (Lipinski definition) is 0. The van der Waals surface area contributed by atoms with Crippen LogP contribution in [-0.4, -0.2) is 19.1 Å². The van der Waals surface area contributed by atoms with Crippen molar-refractivity contribution in [1.82, 2.24) is 19.1 Å². The molecule has 0 radical (unpaired) electrons. The number of aromatic nitrogens is 4. The Balaban J connectivity index is 1.11. The van der Waals surface area contributed by atoms with Crippen LogP contribution >= 0.6 is 0 Å². The van der Waals surface area contributed by atoms with E-state index < -0.39 is 0 Å². The Morgan fingerprint density at radius 3 is 1.68 bits per heavy atom. The molecule has 12 rings (SSSR count). The Labute approximate surface area is 359 Å². The molecule has 3 heterocycles. The van der Waals surface area contributed by atoms with E-state index in [9.17, 15) is 0 Å². The first kappa shape index (κ1) is 35.6. The van der Waals surface area contributed by atoms with Crippen LogP contribution in [0.1, 0.15) is 0 Å². The molecule has 0 saturated heterocycles. The molecule has 290 valence electrons. The van der Waals surface area contributed by atoms with Crippen LogP contribution in [0.25, 0.3) is 111 Å². The van der Waals surface area contributed by atoms with Gasteiger partial charge in [0.05, 0.1) is 22.2 Å². The Morgan fingerprint density at radius 2 is 0.903 bits per heavy atom. The van der Waals surface area contributed by atoms with Crippen LogP contribution in [0, 0.1) is 0 Å². The third kappa shape index (κ3) is 6.08. The fourth-order valence-electron chi connectivity index (χ4n) is 9.20. The molecule has 0 fully saturated rings. The van der Waals surface area contributed by atoms with Crippen molar-refractivity contribution < 1.29 is 0 Å². The van der Waals surface area contributed by atoms with Crippen molar-refractivity contribution in [3.05, 3.63) is 231 Å². The number of para-hydroxylation sites is 3. The Hall–Kier alpha value is -8.34. The van der Waals surface area contributed by atoms with Gasteiger partial charge in [-0.1, -0.05) is 152 Å². The lowest BCUT2D eigenvalue weighted by atomic mass is 9.93. The fourth-order valence-corrected chi connectivity index (χ4v) is 9.20. The third-order valence-electron chi connectivity index (χ3n) is 12.2. The molecule has 9 aromatic carbocycles. The lowest BCUT2D eigenvalue weighted by Crippen LogP contribution is -1.97.